The topological polar surface area (TPSA) is 38.8 Å². The molecule has 0 aliphatic rings. The lowest BCUT2D eigenvalue weighted by Gasteiger charge is -2.22. The third-order valence-corrected chi connectivity index (χ3v) is 5.49. The first-order valence-electron chi connectivity index (χ1n) is 12.5. The standard InChI is InChI=1S/C25H51NO3/c1-6-7-8-9-10-11-12-13-14-15-16-17-18-19-20-21-24(28-5)29-25(27)26(4)22-23(2)3/h23-24H,6-22H2,1-5H3. The first kappa shape index (κ1) is 28.2. The molecule has 0 aliphatic carbocycles. The van der Waals surface area contributed by atoms with Gasteiger partial charge in [-0.2, -0.15) is 0 Å². The van der Waals surface area contributed by atoms with Gasteiger partial charge in [0.05, 0.1) is 0 Å². The first-order chi connectivity index (χ1) is 14.0. The lowest BCUT2D eigenvalue weighted by atomic mass is 10.0. The Labute approximate surface area is 182 Å². The molecule has 174 valence electrons. The van der Waals surface area contributed by atoms with Gasteiger partial charge in [0, 0.05) is 27.1 Å². The van der Waals surface area contributed by atoms with E-state index in [0.717, 1.165) is 12.8 Å². The zero-order valence-corrected chi connectivity index (χ0v) is 20.3. The highest BCUT2D eigenvalue weighted by molar-refractivity contribution is 5.67. The van der Waals surface area contributed by atoms with Gasteiger partial charge in [0.15, 0.2) is 0 Å². The molecule has 0 spiro atoms. The molecule has 0 rings (SSSR count). The van der Waals surface area contributed by atoms with Gasteiger partial charge in [-0.25, -0.2) is 4.79 Å². The van der Waals surface area contributed by atoms with Crippen LogP contribution in [-0.4, -0.2) is 38.0 Å². The van der Waals surface area contributed by atoms with Crippen LogP contribution in [0.15, 0.2) is 0 Å². The van der Waals surface area contributed by atoms with Gasteiger partial charge >= 0.3 is 6.09 Å². The number of methoxy groups -OCH3 is 1. The van der Waals surface area contributed by atoms with Crippen LogP contribution in [0.25, 0.3) is 0 Å². The van der Waals surface area contributed by atoms with E-state index in [1.165, 1.54) is 89.9 Å². The highest BCUT2D eigenvalue weighted by Gasteiger charge is 2.17. The van der Waals surface area contributed by atoms with Crippen LogP contribution in [0.4, 0.5) is 4.79 Å². The van der Waals surface area contributed by atoms with E-state index >= 15 is 0 Å². The average Bonchev–Trinajstić information content (AvgIpc) is 2.69. The average molecular weight is 414 g/mol. The highest BCUT2D eigenvalue weighted by Crippen LogP contribution is 2.15. The van der Waals surface area contributed by atoms with E-state index in [0.29, 0.717) is 12.5 Å². The van der Waals surface area contributed by atoms with Gasteiger partial charge in [0.1, 0.15) is 0 Å². The Bertz CT molecular complexity index is 360. The number of hydrogen-bond acceptors (Lipinski definition) is 3. The quantitative estimate of drug-likeness (QED) is 0.150. The minimum Gasteiger partial charge on any atom is -0.420 e. The number of unbranched alkanes of at least 4 members (excludes halogenated alkanes) is 14. The second-order valence-corrected chi connectivity index (χ2v) is 9.06. The van der Waals surface area contributed by atoms with E-state index in [1.807, 2.05) is 0 Å². The summed E-state index contributed by atoms with van der Waals surface area (Å²) in [5.41, 5.74) is 0. The molecule has 29 heavy (non-hydrogen) atoms. The number of rotatable bonds is 20. The van der Waals surface area contributed by atoms with Crippen molar-refractivity contribution in [2.45, 2.75) is 130 Å². The Morgan fingerprint density at radius 2 is 1.17 bits per heavy atom. The predicted octanol–water partition coefficient (Wildman–Crippen LogP) is 7.94. The highest BCUT2D eigenvalue weighted by atomic mass is 16.7. The molecule has 0 heterocycles. The first-order valence-corrected chi connectivity index (χ1v) is 12.5. The summed E-state index contributed by atoms with van der Waals surface area (Å²) >= 11 is 0. The lowest BCUT2D eigenvalue weighted by Crippen LogP contribution is -2.34. The van der Waals surface area contributed by atoms with E-state index in [9.17, 15) is 4.79 Å². The largest absolute Gasteiger partial charge is 0.420 e. The Kier molecular flexibility index (Phi) is 20.0. The van der Waals surface area contributed by atoms with Gasteiger partial charge in [-0.1, -0.05) is 111 Å². The summed E-state index contributed by atoms with van der Waals surface area (Å²) in [7, 11) is 3.40. The maximum Gasteiger partial charge on any atom is 0.411 e. The van der Waals surface area contributed by atoms with Crippen LogP contribution in [0.1, 0.15) is 124 Å². The minimum atomic E-state index is -0.418. The van der Waals surface area contributed by atoms with Crippen molar-refractivity contribution in [3.8, 4) is 0 Å². The molecule has 1 unspecified atom stereocenters. The molecule has 1 amide bonds. The fourth-order valence-corrected chi connectivity index (χ4v) is 3.73. The predicted molar refractivity (Wildman–Crippen MR) is 124 cm³/mol. The van der Waals surface area contributed by atoms with Crippen LogP contribution in [0.2, 0.25) is 0 Å². The van der Waals surface area contributed by atoms with Crippen molar-refractivity contribution in [3.05, 3.63) is 0 Å². The summed E-state index contributed by atoms with van der Waals surface area (Å²) in [6.45, 7) is 7.16. The molecule has 0 aromatic heterocycles. The van der Waals surface area contributed by atoms with Crippen LogP contribution < -0.4 is 0 Å². The summed E-state index contributed by atoms with van der Waals surface area (Å²) in [5, 5.41) is 0. The molecule has 0 radical (unpaired) electrons. The van der Waals surface area contributed by atoms with Crippen molar-refractivity contribution in [3.63, 3.8) is 0 Å². The molecule has 0 aromatic rings. The third kappa shape index (κ3) is 19.0. The molecular formula is C25H51NO3. The molecule has 0 aliphatic heterocycles. The number of hydrogen-bond donors (Lipinski definition) is 0. The summed E-state index contributed by atoms with van der Waals surface area (Å²) in [6.07, 6.45) is 20.4. The SMILES string of the molecule is CCCCCCCCCCCCCCCCCC(OC)OC(=O)N(C)CC(C)C. The third-order valence-electron chi connectivity index (χ3n) is 5.49. The van der Waals surface area contributed by atoms with Gasteiger partial charge in [-0.05, 0) is 12.3 Å². The van der Waals surface area contributed by atoms with Gasteiger partial charge in [-0.3, -0.25) is 0 Å². The number of nitrogens with zero attached hydrogens (tertiary/aromatic N) is 1. The molecule has 1 atom stereocenters. The molecule has 4 heteroatoms. The molecule has 4 nitrogen and oxygen atoms in total. The zero-order valence-electron chi connectivity index (χ0n) is 20.3. The Balaban J connectivity index is 3.46. The Morgan fingerprint density at radius 3 is 1.55 bits per heavy atom. The smallest absolute Gasteiger partial charge is 0.411 e. The van der Waals surface area contributed by atoms with Gasteiger partial charge in [0.25, 0.3) is 0 Å². The van der Waals surface area contributed by atoms with E-state index in [-0.39, 0.29) is 6.09 Å². The summed E-state index contributed by atoms with van der Waals surface area (Å²) in [4.78, 5) is 13.7. The fraction of sp³-hybridized carbons (Fsp3) is 0.960. The van der Waals surface area contributed by atoms with E-state index in [1.54, 1.807) is 19.1 Å². The Morgan fingerprint density at radius 1 is 0.759 bits per heavy atom. The van der Waals surface area contributed by atoms with Crippen LogP contribution >= 0.6 is 0 Å². The van der Waals surface area contributed by atoms with Crippen LogP contribution in [0.3, 0.4) is 0 Å². The molecule has 0 fully saturated rings. The summed E-state index contributed by atoms with van der Waals surface area (Å²) in [5.74, 6) is 0.434. The molecule has 0 aromatic carbocycles. The van der Waals surface area contributed by atoms with Crippen LogP contribution in [0.5, 0.6) is 0 Å². The van der Waals surface area contributed by atoms with Gasteiger partial charge < -0.3 is 14.4 Å². The Hall–Kier alpha value is -0.770. The number of ether oxygens (including phenoxy) is 2. The fourth-order valence-electron chi connectivity index (χ4n) is 3.73. The zero-order chi connectivity index (χ0) is 21.7. The van der Waals surface area contributed by atoms with Crippen molar-refractivity contribution in [1.29, 1.82) is 0 Å². The molecule has 0 bridgehead atoms. The number of carbonyl (C=O) groups excluding carboxylic acids is 1. The van der Waals surface area contributed by atoms with Crippen LogP contribution in [-0.2, 0) is 9.47 Å². The second-order valence-electron chi connectivity index (χ2n) is 9.06. The molecule has 0 saturated carbocycles. The lowest BCUT2D eigenvalue weighted by molar-refractivity contribution is -0.0945. The summed E-state index contributed by atoms with van der Waals surface area (Å²) < 4.78 is 10.8. The van der Waals surface area contributed by atoms with Gasteiger partial charge in [0.2, 0.25) is 6.29 Å². The normalized spacial score (nSPS) is 12.3. The van der Waals surface area contributed by atoms with E-state index in [4.69, 9.17) is 9.47 Å². The second kappa shape index (κ2) is 20.5. The van der Waals surface area contributed by atoms with E-state index in [2.05, 4.69) is 20.8 Å². The van der Waals surface area contributed by atoms with Crippen LogP contribution in [0, 0.1) is 5.92 Å². The number of carbonyl (C=O) groups is 1. The summed E-state index contributed by atoms with van der Waals surface area (Å²) in [6, 6.07) is 0. The van der Waals surface area contributed by atoms with Crippen molar-refractivity contribution >= 4 is 6.09 Å². The van der Waals surface area contributed by atoms with Crippen molar-refractivity contribution in [2.24, 2.45) is 5.92 Å². The maximum atomic E-state index is 12.0. The van der Waals surface area contributed by atoms with Crippen molar-refractivity contribution in [2.75, 3.05) is 20.7 Å². The maximum absolute atomic E-state index is 12.0. The van der Waals surface area contributed by atoms with Crippen molar-refractivity contribution in [1.82, 2.24) is 4.90 Å². The minimum absolute atomic E-state index is 0.286. The molecule has 0 saturated heterocycles. The van der Waals surface area contributed by atoms with E-state index < -0.39 is 6.29 Å². The molecular weight excluding hydrogens is 362 g/mol. The van der Waals surface area contributed by atoms with Gasteiger partial charge in [-0.15, -0.1) is 0 Å². The molecule has 0 N–H and O–H groups in total. The number of amides is 1. The van der Waals surface area contributed by atoms with Crippen molar-refractivity contribution < 1.29 is 14.3 Å². The monoisotopic (exact) mass is 413 g/mol.